The average molecular weight is 262 g/mol. The van der Waals surface area contributed by atoms with Gasteiger partial charge in [-0.2, -0.15) is 0 Å². The summed E-state index contributed by atoms with van der Waals surface area (Å²) in [5, 5.41) is 6.01. The molecule has 0 spiro atoms. The lowest BCUT2D eigenvalue weighted by Crippen LogP contribution is -2.37. The summed E-state index contributed by atoms with van der Waals surface area (Å²) in [6.45, 7) is 11.6. The topological polar surface area (TPSA) is 41.1 Å². The summed E-state index contributed by atoms with van der Waals surface area (Å²) in [5.74, 6) is 0.0429. The van der Waals surface area contributed by atoms with Crippen LogP contribution in [0.2, 0.25) is 0 Å². The van der Waals surface area contributed by atoms with Crippen LogP contribution in [0, 0.1) is 0 Å². The van der Waals surface area contributed by atoms with Crippen molar-refractivity contribution in [3.8, 4) is 0 Å². The van der Waals surface area contributed by atoms with Gasteiger partial charge in [-0.1, -0.05) is 45.0 Å². The van der Waals surface area contributed by atoms with Crippen molar-refractivity contribution in [2.24, 2.45) is 0 Å². The third-order valence-corrected chi connectivity index (χ3v) is 2.88. The fourth-order valence-corrected chi connectivity index (χ4v) is 1.82. The number of rotatable bonds is 5. The Hall–Kier alpha value is -1.35. The van der Waals surface area contributed by atoms with Crippen LogP contribution in [0.25, 0.3) is 0 Å². The normalized spacial score (nSPS) is 11.7. The first kappa shape index (κ1) is 15.7. The molecule has 1 aromatic rings. The summed E-state index contributed by atoms with van der Waals surface area (Å²) >= 11 is 0. The Kier molecular flexibility index (Phi) is 5.55. The van der Waals surface area contributed by atoms with E-state index in [2.05, 4.69) is 55.7 Å². The fourth-order valence-electron chi connectivity index (χ4n) is 1.82. The summed E-state index contributed by atoms with van der Waals surface area (Å²) in [7, 11) is 0. The van der Waals surface area contributed by atoms with Gasteiger partial charge in [0.25, 0.3) is 0 Å². The highest BCUT2D eigenvalue weighted by molar-refractivity contribution is 5.78. The molecule has 0 atom stereocenters. The molecule has 1 aromatic carbocycles. The zero-order valence-electron chi connectivity index (χ0n) is 12.7. The van der Waals surface area contributed by atoms with Crippen LogP contribution in [0.1, 0.15) is 45.7 Å². The highest BCUT2D eigenvalue weighted by Gasteiger charge is 2.12. The minimum absolute atomic E-state index is 0.0429. The lowest BCUT2D eigenvalue weighted by molar-refractivity contribution is -0.120. The highest BCUT2D eigenvalue weighted by Crippen LogP contribution is 2.21. The molecule has 0 aliphatic heterocycles. The van der Waals surface area contributed by atoms with Gasteiger partial charge in [-0.3, -0.25) is 4.79 Å². The zero-order chi connectivity index (χ0) is 14.5. The van der Waals surface area contributed by atoms with Crippen molar-refractivity contribution in [2.45, 2.75) is 52.6 Å². The minimum atomic E-state index is 0.0429. The number of carbonyl (C=O) groups is 1. The molecule has 0 saturated carbocycles. The molecule has 0 bridgehead atoms. The molecule has 1 rings (SSSR count). The molecule has 3 nitrogen and oxygen atoms in total. The Balaban J connectivity index is 2.40. The number of amides is 1. The van der Waals surface area contributed by atoms with E-state index in [0.717, 1.165) is 6.54 Å². The summed E-state index contributed by atoms with van der Waals surface area (Å²) < 4.78 is 0. The van der Waals surface area contributed by atoms with E-state index in [9.17, 15) is 4.79 Å². The Labute approximate surface area is 116 Å². The third-order valence-electron chi connectivity index (χ3n) is 2.88. The summed E-state index contributed by atoms with van der Waals surface area (Å²) in [5.41, 5.74) is 2.71. The van der Waals surface area contributed by atoms with Gasteiger partial charge >= 0.3 is 0 Å². The van der Waals surface area contributed by atoms with E-state index in [1.54, 1.807) is 0 Å². The minimum Gasteiger partial charge on any atom is -0.353 e. The van der Waals surface area contributed by atoms with Crippen molar-refractivity contribution in [1.29, 1.82) is 0 Å². The maximum absolute atomic E-state index is 11.5. The molecule has 0 aromatic heterocycles. The molecule has 0 aliphatic carbocycles. The van der Waals surface area contributed by atoms with Gasteiger partial charge in [-0.05, 0) is 30.4 Å². The Morgan fingerprint density at radius 3 is 2.21 bits per heavy atom. The monoisotopic (exact) mass is 262 g/mol. The van der Waals surface area contributed by atoms with Gasteiger partial charge in [-0.15, -0.1) is 0 Å². The van der Waals surface area contributed by atoms with Gasteiger partial charge in [0, 0.05) is 12.6 Å². The van der Waals surface area contributed by atoms with Gasteiger partial charge in [0.05, 0.1) is 6.54 Å². The molecule has 1 amide bonds. The summed E-state index contributed by atoms with van der Waals surface area (Å²) in [4.78, 5) is 11.5. The van der Waals surface area contributed by atoms with Crippen LogP contribution in [0.4, 0.5) is 0 Å². The molecule has 0 saturated heterocycles. The first-order valence-corrected chi connectivity index (χ1v) is 6.88. The second-order valence-corrected chi connectivity index (χ2v) is 6.27. The van der Waals surface area contributed by atoms with Crippen molar-refractivity contribution in [3.05, 3.63) is 35.4 Å². The Morgan fingerprint density at radius 2 is 1.74 bits per heavy atom. The molecular weight excluding hydrogens is 236 g/mol. The largest absolute Gasteiger partial charge is 0.353 e. The van der Waals surface area contributed by atoms with Crippen LogP contribution in [0.5, 0.6) is 0 Å². The lowest BCUT2D eigenvalue weighted by atomic mass is 9.87. The predicted octanol–water partition coefficient (Wildman–Crippen LogP) is 2.60. The van der Waals surface area contributed by atoms with Crippen molar-refractivity contribution in [1.82, 2.24) is 10.6 Å². The first-order chi connectivity index (χ1) is 8.79. The quantitative estimate of drug-likeness (QED) is 0.856. The zero-order valence-corrected chi connectivity index (χ0v) is 12.7. The summed E-state index contributed by atoms with van der Waals surface area (Å²) in [6.07, 6.45) is 0. The highest BCUT2D eigenvalue weighted by atomic mass is 16.1. The van der Waals surface area contributed by atoms with Crippen molar-refractivity contribution >= 4 is 5.91 Å². The van der Waals surface area contributed by atoms with E-state index in [4.69, 9.17) is 0 Å². The van der Waals surface area contributed by atoms with Crippen molar-refractivity contribution in [3.63, 3.8) is 0 Å². The molecule has 3 heteroatoms. The van der Waals surface area contributed by atoms with Crippen LogP contribution in [0.3, 0.4) is 0 Å². The van der Waals surface area contributed by atoms with E-state index in [0.29, 0.717) is 6.54 Å². The molecular formula is C16H26N2O. The van der Waals surface area contributed by atoms with E-state index in [1.165, 1.54) is 11.1 Å². The van der Waals surface area contributed by atoms with Gasteiger partial charge < -0.3 is 10.6 Å². The second-order valence-electron chi connectivity index (χ2n) is 6.27. The fraction of sp³-hybridized carbons (Fsp3) is 0.562. The standard InChI is InChI=1S/C16H26N2O/c1-12(2)18-15(19)11-17-10-13-6-8-14(9-7-13)16(3,4)5/h6-9,12,17H,10-11H2,1-5H3,(H,18,19). The van der Waals surface area contributed by atoms with E-state index in [-0.39, 0.29) is 17.4 Å². The maximum Gasteiger partial charge on any atom is 0.234 e. The molecule has 0 radical (unpaired) electrons. The maximum atomic E-state index is 11.5. The number of hydrogen-bond donors (Lipinski definition) is 2. The third kappa shape index (κ3) is 5.88. The smallest absolute Gasteiger partial charge is 0.234 e. The molecule has 0 aliphatic rings. The molecule has 2 N–H and O–H groups in total. The number of carbonyl (C=O) groups excluding carboxylic acids is 1. The number of benzene rings is 1. The Bertz CT molecular complexity index is 402. The number of nitrogens with one attached hydrogen (secondary N) is 2. The van der Waals surface area contributed by atoms with E-state index < -0.39 is 0 Å². The molecule has 0 heterocycles. The van der Waals surface area contributed by atoms with Crippen LogP contribution in [-0.2, 0) is 16.8 Å². The van der Waals surface area contributed by atoms with Gasteiger partial charge in [0.1, 0.15) is 0 Å². The number of hydrogen-bond acceptors (Lipinski definition) is 2. The van der Waals surface area contributed by atoms with Crippen LogP contribution in [-0.4, -0.2) is 18.5 Å². The second kappa shape index (κ2) is 6.71. The molecule has 106 valence electrons. The SMILES string of the molecule is CC(C)NC(=O)CNCc1ccc(C(C)(C)C)cc1. The average Bonchev–Trinajstić information content (AvgIpc) is 2.27. The predicted molar refractivity (Wildman–Crippen MR) is 80.1 cm³/mol. The van der Waals surface area contributed by atoms with Crippen LogP contribution < -0.4 is 10.6 Å². The molecule has 0 unspecified atom stereocenters. The van der Waals surface area contributed by atoms with E-state index >= 15 is 0 Å². The lowest BCUT2D eigenvalue weighted by Gasteiger charge is -2.19. The van der Waals surface area contributed by atoms with Gasteiger partial charge in [0.2, 0.25) is 5.91 Å². The Morgan fingerprint density at radius 1 is 1.16 bits per heavy atom. The van der Waals surface area contributed by atoms with Gasteiger partial charge in [-0.25, -0.2) is 0 Å². The van der Waals surface area contributed by atoms with Crippen molar-refractivity contribution < 1.29 is 4.79 Å². The van der Waals surface area contributed by atoms with Crippen LogP contribution in [0.15, 0.2) is 24.3 Å². The van der Waals surface area contributed by atoms with Crippen molar-refractivity contribution in [2.75, 3.05) is 6.54 Å². The first-order valence-electron chi connectivity index (χ1n) is 6.88. The molecule has 19 heavy (non-hydrogen) atoms. The van der Waals surface area contributed by atoms with Crippen LogP contribution >= 0.6 is 0 Å². The van der Waals surface area contributed by atoms with Gasteiger partial charge in [0.15, 0.2) is 0 Å². The summed E-state index contributed by atoms with van der Waals surface area (Å²) in [6, 6.07) is 8.75. The van der Waals surface area contributed by atoms with E-state index in [1.807, 2.05) is 13.8 Å². The molecule has 0 fully saturated rings.